The van der Waals surface area contributed by atoms with Crippen LogP contribution in [0.25, 0.3) is 0 Å². The fourth-order valence-corrected chi connectivity index (χ4v) is 1.99. The zero-order chi connectivity index (χ0) is 14.0. The lowest BCUT2D eigenvalue weighted by atomic mass is 9.95. The third kappa shape index (κ3) is 2.52. The summed E-state index contributed by atoms with van der Waals surface area (Å²) in [5.74, 6) is -0.396. The molecule has 1 aliphatic heterocycles. The number of phenolic OH excluding ortho intramolecular Hbond substituents is 1. The van der Waals surface area contributed by atoms with Crippen LogP contribution in [0.2, 0.25) is 0 Å². The van der Waals surface area contributed by atoms with E-state index in [1.807, 2.05) is 0 Å². The molecule has 2 amide bonds. The molecule has 0 aromatic heterocycles. The van der Waals surface area contributed by atoms with Crippen LogP contribution in [0.5, 0.6) is 5.75 Å². The fraction of sp³-hybridized carbons (Fsp3) is 0.231. The Morgan fingerprint density at radius 2 is 1.95 bits per heavy atom. The molecular formula is C13H14N2O4. The van der Waals surface area contributed by atoms with Gasteiger partial charge in [0.2, 0.25) is 0 Å². The Morgan fingerprint density at radius 3 is 2.53 bits per heavy atom. The Balaban J connectivity index is 2.46. The molecule has 6 nitrogen and oxygen atoms in total. The first kappa shape index (κ1) is 12.9. The number of ether oxygens (including phenoxy) is 1. The molecule has 0 aliphatic carbocycles. The first-order valence-electron chi connectivity index (χ1n) is 5.68. The maximum atomic E-state index is 11.8. The average molecular weight is 262 g/mol. The van der Waals surface area contributed by atoms with Crippen molar-refractivity contribution < 1.29 is 19.4 Å². The molecule has 1 aromatic carbocycles. The Kier molecular flexibility index (Phi) is 3.41. The SMILES string of the molecule is COC(=O)C1=C(C)NC(=O)N[C@H]1c1ccc(O)cc1. The minimum Gasteiger partial charge on any atom is -0.508 e. The van der Waals surface area contributed by atoms with Gasteiger partial charge in [-0.3, -0.25) is 0 Å². The first-order chi connectivity index (χ1) is 9.02. The molecule has 0 radical (unpaired) electrons. The van der Waals surface area contributed by atoms with Gasteiger partial charge >= 0.3 is 12.0 Å². The molecule has 100 valence electrons. The molecule has 0 saturated carbocycles. The molecule has 6 heteroatoms. The highest BCUT2D eigenvalue weighted by Gasteiger charge is 2.31. The van der Waals surface area contributed by atoms with Gasteiger partial charge in [-0.25, -0.2) is 9.59 Å². The van der Waals surface area contributed by atoms with Crippen molar-refractivity contribution in [1.29, 1.82) is 0 Å². The Morgan fingerprint density at radius 1 is 1.32 bits per heavy atom. The maximum absolute atomic E-state index is 11.8. The van der Waals surface area contributed by atoms with Crippen LogP contribution in [0.3, 0.4) is 0 Å². The number of methoxy groups -OCH3 is 1. The van der Waals surface area contributed by atoms with Crippen molar-refractivity contribution in [2.45, 2.75) is 13.0 Å². The van der Waals surface area contributed by atoms with Crippen LogP contribution < -0.4 is 10.6 Å². The minimum absolute atomic E-state index is 0.115. The third-order valence-electron chi connectivity index (χ3n) is 2.90. The fourth-order valence-electron chi connectivity index (χ4n) is 1.99. The number of carbonyl (C=O) groups excluding carboxylic acids is 2. The van der Waals surface area contributed by atoms with Crippen LogP contribution in [0.4, 0.5) is 4.79 Å². The Labute approximate surface area is 110 Å². The van der Waals surface area contributed by atoms with Gasteiger partial charge in [-0.15, -0.1) is 0 Å². The monoisotopic (exact) mass is 262 g/mol. The number of rotatable bonds is 2. The molecule has 2 rings (SSSR count). The molecule has 0 saturated heterocycles. The van der Waals surface area contributed by atoms with Crippen molar-refractivity contribution in [3.05, 3.63) is 41.1 Å². The van der Waals surface area contributed by atoms with E-state index in [4.69, 9.17) is 4.74 Å². The number of aromatic hydroxyl groups is 1. The highest BCUT2D eigenvalue weighted by molar-refractivity contribution is 5.94. The molecule has 1 heterocycles. The van der Waals surface area contributed by atoms with E-state index in [0.29, 0.717) is 16.8 Å². The molecule has 1 aliphatic rings. The number of hydrogen-bond acceptors (Lipinski definition) is 4. The van der Waals surface area contributed by atoms with Crippen molar-refractivity contribution in [3.8, 4) is 5.75 Å². The average Bonchev–Trinajstić information content (AvgIpc) is 2.38. The van der Waals surface area contributed by atoms with E-state index in [9.17, 15) is 14.7 Å². The highest BCUT2D eigenvalue weighted by Crippen LogP contribution is 2.28. The second-order valence-electron chi connectivity index (χ2n) is 4.15. The summed E-state index contributed by atoms with van der Waals surface area (Å²) >= 11 is 0. The lowest BCUT2D eigenvalue weighted by Crippen LogP contribution is -2.45. The Hall–Kier alpha value is -2.50. The van der Waals surface area contributed by atoms with Crippen LogP contribution in [0.15, 0.2) is 35.5 Å². The summed E-state index contributed by atoms with van der Waals surface area (Å²) in [6.45, 7) is 1.64. The van der Waals surface area contributed by atoms with Gasteiger partial charge in [0.05, 0.1) is 18.7 Å². The lowest BCUT2D eigenvalue weighted by molar-refractivity contribution is -0.136. The zero-order valence-electron chi connectivity index (χ0n) is 10.6. The molecule has 1 atom stereocenters. The smallest absolute Gasteiger partial charge is 0.337 e. The molecule has 0 unspecified atom stereocenters. The van der Waals surface area contributed by atoms with E-state index in [2.05, 4.69) is 10.6 Å². The predicted octanol–water partition coefficient (Wildman–Crippen LogP) is 1.19. The number of nitrogens with one attached hydrogen (secondary N) is 2. The lowest BCUT2D eigenvalue weighted by Gasteiger charge is -2.27. The topological polar surface area (TPSA) is 87.7 Å². The van der Waals surface area contributed by atoms with Crippen molar-refractivity contribution in [1.82, 2.24) is 10.6 Å². The zero-order valence-corrected chi connectivity index (χ0v) is 10.6. The van der Waals surface area contributed by atoms with E-state index in [1.165, 1.54) is 19.2 Å². The molecule has 1 aromatic rings. The first-order valence-corrected chi connectivity index (χ1v) is 5.68. The van der Waals surface area contributed by atoms with Crippen molar-refractivity contribution in [2.24, 2.45) is 0 Å². The quantitative estimate of drug-likeness (QED) is 0.699. The second kappa shape index (κ2) is 5.01. The maximum Gasteiger partial charge on any atom is 0.337 e. The van der Waals surface area contributed by atoms with Crippen molar-refractivity contribution in [2.75, 3.05) is 7.11 Å². The second-order valence-corrected chi connectivity index (χ2v) is 4.15. The van der Waals surface area contributed by atoms with Crippen LogP contribution in [-0.4, -0.2) is 24.2 Å². The van der Waals surface area contributed by atoms with Gasteiger partial charge < -0.3 is 20.5 Å². The van der Waals surface area contributed by atoms with Crippen LogP contribution in [-0.2, 0) is 9.53 Å². The van der Waals surface area contributed by atoms with Crippen LogP contribution >= 0.6 is 0 Å². The minimum atomic E-state index is -0.596. The number of phenols is 1. The number of urea groups is 1. The van der Waals surface area contributed by atoms with E-state index < -0.39 is 12.0 Å². The van der Waals surface area contributed by atoms with Gasteiger partial charge in [-0.2, -0.15) is 0 Å². The van der Waals surface area contributed by atoms with Gasteiger partial charge in [0.15, 0.2) is 0 Å². The predicted molar refractivity (Wildman–Crippen MR) is 67.2 cm³/mol. The number of allylic oxidation sites excluding steroid dienone is 1. The summed E-state index contributed by atoms with van der Waals surface area (Å²) in [6, 6.07) is 5.29. The van der Waals surface area contributed by atoms with Crippen molar-refractivity contribution in [3.63, 3.8) is 0 Å². The van der Waals surface area contributed by atoms with E-state index in [-0.39, 0.29) is 11.8 Å². The molecular weight excluding hydrogens is 248 g/mol. The van der Waals surface area contributed by atoms with Gasteiger partial charge in [0.25, 0.3) is 0 Å². The van der Waals surface area contributed by atoms with Gasteiger partial charge in [-0.1, -0.05) is 12.1 Å². The summed E-state index contributed by atoms with van der Waals surface area (Å²) in [6.07, 6.45) is 0. The largest absolute Gasteiger partial charge is 0.508 e. The van der Waals surface area contributed by atoms with E-state index >= 15 is 0 Å². The summed E-state index contributed by atoms with van der Waals surface area (Å²) < 4.78 is 4.73. The number of benzene rings is 1. The van der Waals surface area contributed by atoms with E-state index in [1.54, 1.807) is 19.1 Å². The third-order valence-corrected chi connectivity index (χ3v) is 2.90. The highest BCUT2D eigenvalue weighted by atomic mass is 16.5. The van der Waals surface area contributed by atoms with E-state index in [0.717, 1.165) is 0 Å². The van der Waals surface area contributed by atoms with Gasteiger partial charge in [-0.05, 0) is 24.6 Å². The summed E-state index contributed by atoms with van der Waals surface area (Å²) in [7, 11) is 1.28. The number of hydrogen-bond donors (Lipinski definition) is 3. The molecule has 19 heavy (non-hydrogen) atoms. The Bertz CT molecular complexity index is 548. The number of amides is 2. The summed E-state index contributed by atoms with van der Waals surface area (Å²) in [5.41, 5.74) is 1.48. The van der Waals surface area contributed by atoms with Crippen molar-refractivity contribution >= 4 is 12.0 Å². The standard InChI is InChI=1S/C13H14N2O4/c1-7-10(12(17)19-2)11(15-13(18)14-7)8-3-5-9(16)6-4-8/h3-6,11,16H,1-2H3,(H2,14,15,18)/t11-/m0/s1. The summed E-state index contributed by atoms with van der Waals surface area (Å²) in [5, 5.41) is 14.5. The normalized spacial score (nSPS) is 18.6. The van der Waals surface area contributed by atoms with Gasteiger partial charge in [0, 0.05) is 5.70 Å². The summed E-state index contributed by atoms with van der Waals surface area (Å²) in [4.78, 5) is 23.3. The van der Waals surface area contributed by atoms with Gasteiger partial charge in [0.1, 0.15) is 5.75 Å². The number of esters is 1. The number of carbonyl (C=O) groups is 2. The molecule has 0 fully saturated rings. The molecule has 0 spiro atoms. The molecule has 0 bridgehead atoms. The van der Waals surface area contributed by atoms with Crippen LogP contribution in [0.1, 0.15) is 18.5 Å². The van der Waals surface area contributed by atoms with Crippen LogP contribution in [0, 0.1) is 0 Å². The molecule has 3 N–H and O–H groups in total.